The number of rotatable bonds is 5. The van der Waals surface area contributed by atoms with Crippen molar-refractivity contribution >= 4 is 22.8 Å². The Hall–Kier alpha value is -3.22. The highest BCUT2D eigenvalue weighted by molar-refractivity contribution is 6.06. The number of aryl methyl sites for hydroxylation is 2. The minimum absolute atomic E-state index is 0.00135. The van der Waals surface area contributed by atoms with Crippen molar-refractivity contribution in [2.24, 2.45) is 13.0 Å². The number of pyridine rings is 1. The third kappa shape index (κ3) is 4.38. The largest absolute Gasteiger partial charge is 0.352 e. The summed E-state index contributed by atoms with van der Waals surface area (Å²) in [6.07, 6.45) is 1.34. The summed E-state index contributed by atoms with van der Waals surface area (Å²) in [5, 5.41) is 8.35. The van der Waals surface area contributed by atoms with Gasteiger partial charge in [-0.05, 0) is 37.3 Å². The molecule has 0 bridgehead atoms. The second-order valence-electron chi connectivity index (χ2n) is 8.93. The molecule has 7 heteroatoms. The van der Waals surface area contributed by atoms with E-state index in [0.717, 1.165) is 28.0 Å². The van der Waals surface area contributed by atoms with Gasteiger partial charge in [-0.25, -0.2) is 4.98 Å². The van der Waals surface area contributed by atoms with Crippen molar-refractivity contribution in [3.63, 3.8) is 0 Å². The molecule has 3 aromatic rings. The molecule has 3 heterocycles. The van der Waals surface area contributed by atoms with Gasteiger partial charge in [-0.15, -0.1) is 0 Å². The van der Waals surface area contributed by atoms with Gasteiger partial charge in [-0.2, -0.15) is 5.10 Å². The predicted octanol–water partition coefficient (Wildman–Crippen LogP) is 3.57. The molecule has 0 spiro atoms. The number of carbonyl (C=O) groups is 2. The third-order valence-electron chi connectivity index (χ3n) is 6.27. The lowest BCUT2D eigenvalue weighted by atomic mass is 9.94. The van der Waals surface area contributed by atoms with E-state index in [2.05, 4.69) is 24.3 Å². The van der Waals surface area contributed by atoms with Crippen molar-refractivity contribution in [2.75, 3.05) is 13.1 Å². The van der Waals surface area contributed by atoms with Crippen molar-refractivity contribution in [1.82, 2.24) is 25.0 Å². The molecular weight excluding hydrogens is 402 g/mol. The second kappa shape index (κ2) is 9.10. The quantitative estimate of drug-likeness (QED) is 0.667. The van der Waals surface area contributed by atoms with Crippen molar-refractivity contribution in [3.05, 3.63) is 58.9 Å². The SMILES string of the molecule is Cc1nn(C)c2nc(C(C)C)cc(C(=O)N3CCC(C(=O)NCc4ccccc4)CC3)c12. The Balaban J connectivity index is 1.45. The fourth-order valence-electron chi connectivity index (χ4n) is 4.37. The monoisotopic (exact) mass is 433 g/mol. The van der Waals surface area contributed by atoms with Crippen molar-refractivity contribution in [3.8, 4) is 0 Å². The number of amides is 2. The Morgan fingerprint density at radius 2 is 1.84 bits per heavy atom. The first kappa shape index (κ1) is 22.0. The number of nitrogens with zero attached hydrogens (tertiary/aromatic N) is 4. The van der Waals surface area contributed by atoms with Crippen molar-refractivity contribution in [1.29, 1.82) is 0 Å². The zero-order valence-electron chi connectivity index (χ0n) is 19.3. The highest BCUT2D eigenvalue weighted by Gasteiger charge is 2.29. The fourth-order valence-corrected chi connectivity index (χ4v) is 4.37. The van der Waals surface area contributed by atoms with Crippen LogP contribution in [0.5, 0.6) is 0 Å². The lowest BCUT2D eigenvalue weighted by Gasteiger charge is -2.31. The predicted molar refractivity (Wildman–Crippen MR) is 124 cm³/mol. The Labute approximate surface area is 188 Å². The topological polar surface area (TPSA) is 80.1 Å². The van der Waals surface area contributed by atoms with Gasteiger partial charge in [0, 0.05) is 38.3 Å². The molecule has 2 amide bonds. The first-order valence-electron chi connectivity index (χ1n) is 11.3. The van der Waals surface area contributed by atoms with E-state index < -0.39 is 0 Å². The van der Waals surface area contributed by atoms with Gasteiger partial charge in [-0.1, -0.05) is 44.2 Å². The molecule has 1 saturated heterocycles. The molecule has 1 fully saturated rings. The van der Waals surface area contributed by atoms with Crippen LogP contribution in [0.25, 0.3) is 11.0 Å². The summed E-state index contributed by atoms with van der Waals surface area (Å²) in [6, 6.07) is 11.8. The molecule has 1 aliphatic heterocycles. The molecule has 0 saturated carbocycles. The highest BCUT2D eigenvalue weighted by Crippen LogP contribution is 2.27. The molecule has 0 atom stereocenters. The van der Waals surface area contributed by atoms with Crippen LogP contribution in [0.3, 0.4) is 0 Å². The summed E-state index contributed by atoms with van der Waals surface area (Å²) >= 11 is 0. The number of aromatic nitrogens is 3. The van der Waals surface area contributed by atoms with Crippen LogP contribution in [0.1, 0.15) is 59.9 Å². The molecule has 4 rings (SSSR count). The van der Waals surface area contributed by atoms with Gasteiger partial charge in [0.15, 0.2) is 5.65 Å². The maximum Gasteiger partial charge on any atom is 0.254 e. The zero-order valence-corrected chi connectivity index (χ0v) is 19.3. The van der Waals surface area contributed by atoms with Gasteiger partial charge in [0.25, 0.3) is 5.91 Å². The number of hydrogen-bond acceptors (Lipinski definition) is 4. The van der Waals surface area contributed by atoms with Crippen LogP contribution in [-0.2, 0) is 18.4 Å². The van der Waals surface area contributed by atoms with Crippen LogP contribution in [0.4, 0.5) is 0 Å². The normalized spacial score (nSPS) is 14.8. The van der Waals surface area contributed by atoms with Gasteiger partial charge in [0.2, 0.25) is 5.91 Å². The molecule has 1 N–H and O–H groups in total. The van der Waals surface area contributed by atoms with Gasteiger partial charge >= 0.3 is 0 Å². The van der Waals surface area contributed by atoms with E-state index >= 15 is 0 Å². The molecule has 2 aromatic heterocycles. The Bertz CT molecular complexity index is 1130. The number of carbonyl (C=O) groups excluding carboxylic acids is 2. The molecule has 0 unspecified atom stereocenters. The maximum absolute atomic E-state index is 13.5. The van der Waals surface area contributed by atoms with Gasteiger partial charge < -0.3 is 10.2 Å². The van der Waals surface area contributed by atoms with Crippen LogP contribution < -0.4 is 5.32 Å². The van der Waals surface area contributed by atoms with Gasteiger partial charge in [-0.3, -0.25) is 14.3 Å². The van der Waals surface area contributed by atoms with Gasteiger partial charge in [0.05, 0.1) is 16.6 Å². The van der Waals surface area contributed by atoms with E-state index in [0.29, 0.717) is 38.0 Å². The number of hydrogen-bond donors (Lipinski definition) is 1. The van der Waals surface area contributed by atoms with E-state index in [1.54, 1.807) is 4.68 Å². The van der Waals surface area contributed by atoms with Crippen molar-refractivity contribution < 1.29 is 9.59 Å². The highest BCUT2D eigenvalue weighted by atomic mass is 16.2. The summed E-state index contributed by atoms with van der Waals surface area (Å²) in [5.74, 6) is 0.211. The number of benzene rings is 1. The maximum atomic E-state index is 13.5. The Morgan fingerprint density at radius 3 is 2.50 bits per heavy atom. The van der Waals surface area contributed by atoms with Crippen LogP contribution in [0.2, 0.25) is 0 Å². The molecule has 1 aromatic carbocycles. The molecule has 1 aliphatic rings. The first-order chi connectivity index (χ1) is 15.3. The summed E-state index contributed by atoms with van der Waals surface area (Å²) in [7, 11) is 1.86. The van der Waals surface area contributed by atoms with E-state index in [4.69, 9.17) is 4.98 Å². The summed E-state index contributed by atoms with van der Waals surface area (Å²) in [6.45, 7) is 7.74. The molecule has 168 valence electrons. The first-order valence-corrected chi connectivity index (χ1v) is 11.3. The van der Waals surface area contributed by atoms with Crippen molar-refractivity contribution in [2.45, 2.75) is 46.1 Å². The van der Waals surface area contributed by atoms with Crippen LogP contribution in [-0.4, -0.2) is 44.6 Å². The Morgan fingerprint density at radius 1 is 1.16 bits per heavy atom. The van der Waals surface area contributed by atoms with Gasteiger partial charge in [0.1, 0.15) is 0 Å². The minimum Gasteiger partial charge on any atom is -0.352 e. The average Bonchev–Trinajstić information content (AvgIpc) is 3.10. The number of fused-ring (bicyclic) bond motifs is 1. The smallest absolute Gasteiger partial charge is 0.254 e. The fraction of sp³-hybridized carbons (Fsp3) is 0.440. The van der Waals surface area contributed by atoms with Crippen LogP contribution >= 0.6 is 0 Å². The van der Waals surface area contributed by atoms with Crippen LogP contribution in [0, 0.1) is 12.8 Å². The van der Waals surface area contributed by atoms with E-state index in [9.17, 15) is 9.59 Å². The number of nitrogens with one attached hydrogen (secondary N) is 1. The second-order valence-corrected chi connectivity index (χ2v) is 8.93. The average molecular weight is 434 g/mol. The summed E-state index contributed by atoms with van der Waals surface area (Å²) < 4.78 is 1.75. The third-order valence-corrected chi connectivity index (χ3v) is 6.27. The summed E-state index contributed by atoms with van der Waals surface area (Å²) in [4.78, 5) is 32.7. The molecule has 7 nitrogen and oxygen atoms in total. The molecular formula is C25H31N5O2. The van der Waals surface area contributed by atoms with E-state index in [1.807, 2.05) is 55.3 Å². The molecule has 0 radical (unpaired) electrons. The van der Waals surface area contributed by atoms with E-state index in [1.165, 1.54) is 0 Å². The zero-order chi connectivity index (χ0) is 22.8. The molecule has 0 aliphatic carbocycles. The number of likely N-dealkylation sites (tertiary alicyclic amines) is 1. The number of piperidine rings is 1. The summed E-state index contributed by atoms with van der Waals surface area (Å²) in [5.41, 5.74) is 4.19. The lowest BCUT2D eigenvalue weighted by Crippen LogP contribution is -2.43. The van der Waals surface area contributed by atoms with Crippen LogP contribution in [0.15, 0.2) is 36.4 Å². The lowest BCUT2D eigenvalue weighted by molar-refractivity contribution is -0.126. The minimum atomic E-state index is -0.0634. The standard InChI is InChI=1S/C25H31N5O2/c1-16(2)21-14-20(22-17(3)28-29(4)23(22)27-21)25(32)30-12-10-19(11-13-30)24(31)26-15-18-8-6-5-7-9-18/h5-9,14,16,19H,10-13,15H2,1-4H3,(H,26,31). The molecule has 32 heavy (non-hydrogen) atoms. The van der Waals surface area contributed by atoms with E-state index in [-0.39, 0.29) is 23.7 Å². The Kier molecular flexibility index (Phi) is 6.26.